The highest BCUT2D eigenvalue weighted by atomic mass is 127. The van der Waals surface area contributed by atoms with Gasteiger partial charge in [-0.05, 0) is 77.5 Å². The molecule has 0 saturated carbocycles. The van der Waals surface area contributed by atoms with Gasteiger partial charge in [0.25, 0.3) is 5.91 Å². The predicted octanol–water partition coefficient (Wildman–Crippen LogP) is 5.66. The van der Waals surface area contributed by atoms with Crippen molar-refractivity contribution in [1.29, 1.82) is 0 Å². The fourth-order valence-corrected chi connectivity index (χ4v) is 3.32. The van der Waals surface area contributed by atoms with E-state index in [9.17, 15) is 4.79 Å². The van der Waals surface area contributed by atoms with Crippen LogP contribution < -0.4 is 5.32 Å². The van der Waals surface area contributed by atoms with Gasteiger partial charge in [-0.25, -0.2) is 4.98 Å². The normalized spacial score (nSPS) is 10.8. The van der Waals surface area contributed by atoms with Gasteiger partial charge in [-0.3, -0.25) is 4.79 Å². The fourth-order valence-electron chi connectivity index (χ4n) is 2.78. The molecule has 1 amide bonds. The van der Waals surface area contributed by atoms with Crippen LogP contribution in [0.25, 0.3) is 22.6 Å². The smallest absolute Gasteiger partial charge is 0.255 e. The number of carbonyl (C=O) groups excluding carboxylic acids is 1. The van der Waals surface area contributed by atoms with Gasteiger partial charge in [-0.2, -0.15) is 0 Å². The second kappa shape index (κ2) is 6.92. The first-order valence-corrected chi connectivity index (χ1v) is 9.21. The van der Waals surface area contributed by atoms with E-state index in [4.69, 9.17) is 4.42 Å². The topological polar surface area (TPSA) is 55.1 Å². The molecule has 0 unspecified atom stereocenters. The number of nitrogens with zero attached hydrogens (tertiary/aromatic N) is 1. The third-order valence-electron chi connectivity index (χ3n) is 4.11. The average Bonchev–Trinajstić information content (AvgIpc) is 3.05. The lowest BCUT2D eigenvalue weighted by Gasteiger charge is -2.07. The molecule has 26 heavy (non-hydrogen) atoms. The summed E-state index contributed by atoms with van der Waals surface area (Å²) in [7, 11) is 0. The van der Waals surface area contributed by atoms with Crippen LogP contribution in [0.15, 0.2) is 71.1 Å². The number of amides is 1. The van der Waals surface area contributed by atoms with Crippen LogP contribution in [0.3, 0.4) is 0 Å². The Bertz CT molecular complexity index is 1120. The van der Waals surface area contributed by atoms with Crippen LogP contribution in [-0.4, -0.2) is 10.9 Å². The van der Waals surface area contributed by atoms with E-state index in [1.54, 1.807) is 0 Å². The molecule has 4 aromatic rings. The lowest BCUT2D eigenvalue weighted by molar-refractivity contribution is 0.102. The third-order valence-corrected chi connectivity index (χ3v) is 4.78. The maximum atomic E-state index is 12.5. The molecule has 5 heteroatoms. The van der Waals surface area contributed by atoms with Crippen molar-refractivity contribution in [1.82, 2.24) is 4.98 Å². The second-order valence-electron chi connectivity index (χ2n) is 5.98. The van der Waals surface area contributed by atoms with Crippen molar-refractivity contribution in [2.24, 2.45) is 0 Å². The minimum absolute atomic E-state index is 0.135. The molecule has 0 aliphatic rings. The first kappa shape index (κ1) is 16.8. The summed E-state index contributed by atoms with van der Waals surface area (Å²) in [6.07, 6.45) is 0. The number of oxazole rings is 1. The number of halogens is 1. The number of fused-ring (bicyclic) bond motifs is 1. The van der Waals surface area contributed by atoms with Crippen molar-refractivity contribution in [2.75, 3.05) is 5.32 Å². The van der Waals surface area contributed by atoms with Gasteiger partial charge in [-0.15, -0.1) is 0 Å². The van der Waals surface area contributed by atoms with Gasteiger partial charge >= 0.3 is 0 Å². The van der Waals surface area contributed by atoms with Crippen LogP contribution in [-0.2, 0) is 0 Å². The molecule has 128 valence electrons. The Kier molecular flexibility index (Phi) is 4.46. The Hall–Kier alpha value is -2.67. The summed E-state index contributed by atoms with van der Waals surface area (Å²) in [5.74, 6) is 0.435. The minimum atomic E-state index is -0.135. The molecule has 0 bridgehead atoms. The average molecular weight is 454 g/mol. The predicted molar refractivity (Wildman–Crippen MR) is 111 cm³/mol. The number of aryl methyl sites for hydroxylation is 1. The van der Waals surface area contributed by atoms with Crippen LogP contribution in [0, 0.1) is 10.5 Å². The molecular formula is C21H15IN2O2. The van der Waals surface area contributed by atoms with Gasteiger partial charge in [0.05, 0.1) is 0 Å². The highest BCUT2D eigenvalue weighted by Crippen LogP contribution is 2.27. The molecule has 1 N–H and O–H groups in total. The van der Waals surface area contributed by atoms with E-state index in [1.165, 1.54) is 0 Å². The van der Waals surface area contributed by atoms with E-state index >= 15 is 0 Å². The van der Waals surface area contributed by atoms with Gasteiger partial charge in [0, 0.05) is 20.4 Å². The van der Waals surface area contributed by atoms with Gasteiger partial charge in [0.15, 0.2) is 5.58 Å². The largest absolute Gasteiger partial charge is 0.436 e. The zero-order chi connectivity index (χ0) is 18.1. The molecule has 3 aromatic carbocycles. The fraction of sp³-hybridized carbons (Fsp3) is 0.0476. The zero-order valence-corrected chi connectivity index (χ0v) is 16.2. The highest BCUT2D eigenvalue weighted by molar-refractivity contribution is 14.1. The van der Waals surface area contributed by atoms with Crippen molar-refractivity contribution in [3.05, 3.63) is 81.4 Å². The Morgan fingerprint density at radius 1 is 1.04 bits per heavy atom. The number of nitrogens with one attached hydrogen (secondary N) is 1. The number of hydrogen-bond acceptors (Lipinski definition) is 3. The van der Waals surface area contributed by atoms with Crippen LogP contribution in [0.5, 0.6) is 0 Å². The first-order chi connectivity index (χ1) is 12.6. The van der Waals surface area contributed by atoms with Crippen molar-refractivity contribution >= 4 is 45.3 Å². The highest BCUT2D eigenvalue weighted by Gasteiger charge is 2.12. The van der Waals surface area contributed by atoms with Crippen LogP contribution >= 0.6 is 22.6 Å². The maximum Gasteiger partial charge on any atom is 0.255 e. The molecule has 0 fully saturated rings. The number of carbonyl (C=O) groups is 1. The lowest BCUT2D eigenvalue weighted by Crippen LogP contribution is -2.13. The van der Waals surface area contributed by atoms with Crippen molar-refractivity contribution in [3.63, 3.8) is 0 Å². The minimum Gasteiger partial charge on any atom is -0.436 e. The van der Waals surface area contributed by atoms with Gasteiger partial charge < -0.3 is 9.73 Å². The van der Waals surface area contributed by atoms with Crippen molar-refractivity contribution in [3.8, 4) is 11.5 Å². The third kappa shape index (κ3) is 3.35. The number of rotatable bonds is 3. The van der Waals surface area contributed by atoms with Crippen LogP contribution in [0.2, 0.25) is 0 Å². The van der Waals surface area contributed by atoms with E-state index in [1.807, 2.05) is 73.7 Å². The summed E-state index contributed by atoms with van der Waals surface area (Å²) in [4.78, 5) is 17.0. The van der Waals surface area contributed by atoms with E-state index in [0.717, 1.165) is 14.7 Å². The van der Waals surface area contributed by atoms with E-state index in [2.05, 4.69) is 32.9 Å². The summed E-state index contributed by atoms with van der Waals surface area (Å²) >= 11 is 2.26. The van der Waals surface area contributed by atoms with Crippen LogP contribution in [0.4, 0.5) is 5.69 Å². The standard InChI is InChI=1S/C21H15IN2O2/c1-13-5-2-3-8-17(13)20(25)23-16-9-10-19-18(12-16)24-21(26-19)14-6-4-7-15(22)11-14/h2-12H,1H3,(H,23,25). The van der Waals surface area contributed by atoms with Crippen molar-refractivity contribution < 1.29 is 9.21 Å². The Morgan fingerprint density at radius 3 is 2.69 bits per heavy atom. The number of aromatic nitrogens is 1. The molecule has 0 radical (unpaired) electrons. The molecule has 4 nitrogen and oxygen atoms in total. The Morgan fingerprint density at radius 2 is 1.88 bits per heavy atom. The molecular weight excluding hydrogens is 439 g/mol. The Labute approximate surface area is 164 Å². The lowest BCUT2D eigenvalue weighted by atomic mass is 10.1. The quantitative estimate of drug-likeness (QED) is 0.407. The summed E-state index contributed by atoms with van der Waals surface area (Å²) in [6.45, 7) is 1.92. The first-order valence-electron chi connectivity index (χ1n) is 8.14. The number of hydrogen-bond donors (Lipinski definition) is 1. The summed E-state index contributed by atoms with van der Waals surface area (Å²) < 4.78 is 6.96. The molecule has 0 spiro atoms. The molecule has 0 aliphatic carbocycles. The molecule has 0 atom stereocenters. The molecule has 1 heterocycles. The maximum absolute atomic E-state index is 12.5. The molecule has 0 aliphatic heterocycles. The summed E-state index contributed by atoms with van der Waals surface area (Å²) in [5.41, 5.74) is 4.61. The summed E-state index contributed by atoms with van der Waals surface area (Å²) in [6, 6.07) is 21.0. The monoisotopic (exact) mass is 454 g/mol. The van der Waals surface area contributed by atoms with E-state index in [0.29, 0.717) is 28.2 Å². The second-order valence-corrected chi connectivity index (χ2v) is 7.23. The number of benzene rings is 3. The molecule has 4 rings (SSSR count). The van der Waals surface area contributed by atoms with Gasteiger partial charge in [-0.1, -0.05) is 24.3 Å². The van der Waals surface area contributed by atoms with E-state index in [-0.39, 0.29) is 5.91 Å². The molecule has 0 saturated heterocycles. The van der Waals surface area contributed by atoms with Crippen LogP contribution in [0.1, 0.15) is 15.9 Å². The Balaban J connectivity index is 1.64. The van der Waals surface area contributed by atoms with E-state index < -0.39 is 0 Å². The van der Waals surface area contributed by atoms with Gasteiger partial charge in [0.1, 0.15) is 5.52 Å². The van der Waals surface area contributed by atoms with Crippen molar-refractivity contribution in [2.45, 2.75) is 6.92 Å². The van der Waals surface area contributed by atoms with Gasteiger partial charge in [0.2, 0.25) is 5.89 Å². The summed E-state index contributed by atoms with van der Waals surface area (Å²) in [5, 5.41) is 2.93. The SMILES string of the molecule is Cc1ccccc1C(=O)Nc1ccc2oc(-c3cccc(I)c3)nc2c1. The molecule has 1 aromatic heterocycles. The zero-order valence-electron chi connectivity index (χ0n) is 14.0. The number of anilines is 1.